The fraction of sp³-hybridized carbons (Fsp3) is 0.370. The number of nitrogen functional groups attached to an aromatic ring is 2. The van der Waals surface area contributed by atoms with Crippen LogP contribution >= 0.6 is 0 Å². The Labute approximate surface area is 200 Å². The zero-order valence-electron chi connectivity index (χ0n) is 21.2. The lowest BCUT2D eigenvalue weighted by atomic mass is 10.1. The van der Waals surface area contributed by atoms with Gasteiger partial charge < -0.3 is 26.9 Å². The summed E-state index contributed by atoms with van der Waals surface area (Å²) in [6.07, 6.45) is 4.79. The summed E-state index contributed by atoms with van der Waals surface area (Å²) in [5.74, 6) is 1.81. The van der Waals surface area contributed by atoms with Gasteiger partial charge in [-0.1, -0.05) is 77.1 Å². The third kappa shape index (κ3) is 11.4. The van der Waals surface area contributed by atoms with E-state index in [2.05, 4.69) is 48.1 Å². The predicted molar refractivity (Wildman–Crippen MR) is 145 cm³/mol. The summed E-state index contributed by atoms with van der Waals surface area (Å²) in [6.45, 7) is 17.6. The molecule has 0 atom stereocenters. The minimum absolute atomic E-state index is 0.435. The molecule has 33 heavy (non-hydrogen) atoms. The van der Waals surface area contributed by atoms with Gasteiger partial charge in [0, 0.05) is 24.0 Å². The number of hydrogen-bond acceptors (Lipinski definition) is 6. The van der Waals surface area contributed by atoms with E-state index in [0.29, 0.717) is 31.3 Å². The highest BCUT2D eigenvalue weighted by atomic mass is 16.3. The number of aryl methyl sites for hydroxylation is 1. The van der Waals surface area contributed by atoms with E-state index in [0.717, 1.165) is 34.3 Å². The van der Waals surface area contributed by atoms with Crippen LogP contribution in [0.4, 0.5) is 11.6 Å². The zero-order valence-corrected chi connectivity index (χ0v) is 21.2. The molecular weight excluding hydrogens is 410 g/mol. The molecule has 3 aromatic rings. The molecule has 0 bridgehead atoms. The Kier molecular flexibility index (Phi) is 15.8. The van der Waals surface area contributed by atoms with Crippen LogP contribution in [0.25, 0.3) is 11.0 Å². The first kappa shape index (κ1) is 29.9. The second-order valence-corrected chi connectivity index (χ2v) is 6.81. The van der Waals surface area contributed by atoms with Crippen molar-refractivity contribution in [1.82, 2.24) is 10.3 Å². The monoisotopic (exact) mass is 453 g/mol. The molecule has 2 heterocycles. The fourth-order valence-corrected chi connectivity index (χ4v) is 2.70. The summed E-state index contributed by atoms with van der Waals surface area (Å²) >= 11 is 0. The first-order chi connectivity index (χ1) is 15.9. The number of nitrogens with two attached hydrogens (primary N) is 3. The van der Waals surface area contributed by atoms with Gasteiger partial charge in [-0.05, 0) is 37.1 Å². The van der Waals surface area contributed by atoms with Gasteiger partial charge >= 0.3 is 0 Å². The number of hydrogen-bond donors (Lipinski definition) is 4. The number of benzene rings is 1. The van der Waals surface area contributed by atoms with E-state index >= 15 is 0 Å². The van der Waals surface area contributed by atoms with Crippen LogP contribution in [0.5, 0.6) is 0 Å². The molecule has 0 aliphatic heterocycles. The Balaban J connectivity index is 0.000000793. The molecule has 2 aromatic heterocycles. The van der Waals surface area contributed by atoms with Crippen LogP contribution in [0, 0.1) is 0 Å². The molecule has 6 heteroatoms. The topological polar surface area (TPSA) is 116 Å². The van der Waals surface area contributed by atoms with Gasteiger partial charge in [-0.25, -0.2) is 4.98 Å². The van der Waals surface area contributed by atoms with Crippen molar-refractivity contribution in [3.05, 3.63) is 77.6 Å². The van der Waals surface area contributed by atoms with Crippen molar-refractivity contribution in [2.24, 2.45) is 5.73 Å². The standard InChI is InChI=1S/C17H20N4O.C6H11N.2C2H6/c1-2-11-3-4-12-8-14(22-15(12)7-11)10-20-9-13-5-6-16(18)21-17(13)19;1-6(2)4-3-5-7;2*1-2/h3-8,20H,2,9-10H2,1H3,(H4,18,19,21);3-4H,1,5,7H2,2H3;2*1-2H3/b;4-3-;;. The van der Waals surface area contributed by atoms with E-state index in [1.807, 2.05) is 52.8 Å². The molecule has 3 rings (SSSR count). The van der Waals surface area contributed by atoms with Crippen LogP contribution in [-0.2, 0) is 19.5 Å². The fourth-order valence-electron chi connectivity index (χ4n) is 2.70. The Morgan fingerprint density at radius 3 is 2.30 bits per heavy atom. The summed E-state index contributed by atoms with van der Waals surface area (Å²) in [7, 11) is 0. The van der Waals surface area contributed by atoms with Crippen molar-refractivity contribution in [3.63, 3.8) is 0 Å². The van der Waals surface area contributed by atoms with Crippen molar-refractivity contribution >= 4 is 22.6 Å². The van der Waals surface area contributed by atoms with E-state index in [1.54, 1.807) is 6.07 Å². The summed E-state index contributed by atoms with van der Waals surface area (Å²) in [6, 6.07) is 12.0. The van der Waals surface area contributed by atoms with E-state index in [1.165, 1.54) is 5.56 Å². The highest BCUT2D eigenvalue weighted by Gasteiger charge is 2.05. The lowest BCUT2D eigenvalue weighted by Gasteiger charge is -2.06. The highest BCUT2D eigenvalue weighted by Crippen LogP contribution is 2.21. The van der Waals surface area contributed by atoms with Gasteiger partial charge in [-0.3, -0.25) is 0 Å². The molecule has 1 aromatic carbocycles. The van der Waals surface area contributed by atoms with Crippen LogP contribution in [0.15, 0.2) is 65.1 Å². The highest BCUT2D eigenvalue weighted by molar-refractivity contribution is 5.78. The molecule has 0 unspecified atom stereocenters. The van der Waals surface area contributed by atoms with Crippen LogP contribution < -0.4 is 22.5 Å². The Bertz CT molecular complexity index is 976. The van der Waals surface area contributed by atoms with Crippen molar-refractivity contribution in [2.75, 3.05) is 18.0 Å². The van der Waals surface area contributed by atoms with E-state index in [4.69, 9.17) is 21.6 Å². The number of furan rings is 1. The maximum Gasteiger partial charge on any atom is 0.134 e. The van der Waals surface area contributed by atoms with Gasteiger partial charge in [0.1, 0.15) is 23.0 Å². The lowest BCUT2D eigenvalue weighted by molar-refractivity contribution is 0.513. The Morgan fingerprint density at radius 1 is 1.06 bits per heavy atom. The van der Waals surface area contributed by atoms with Crippen LogP contribution in [0.3, 0.4) is 0 Å². The number of allylic oxidation sites excluding steroid dienone is 2. The van der Waals surface area contributed by atoms with Gasteiger partial charge in [0.05, 0.1) is 6.54 Å². The molecule has 0 aliphatic carbocycles. The summed E-state index contributed by atoms with van der Waals surface area (Å²) in [5, 5.41) is 4.44. The molecule has 0 spiro atoms. The average molecular weight is 454 g/mol. The van der Waals surface area contributed by atoms with Crippen LogP contribution in [0.2, 0.25) is 0 Å². The van der Waals surface area contributed by atoms with Crippen molar-refractivity contribution in [2.45, 2.75) is 61.1 Å². The third-order valence-corrected chi connectivity index (χ3v) is 4.23. The summed E-state index contributed by atoms with van der Waals surface area (Å²) < 4.78 is 5.87. The molecule has 0 amide bonds. The number of rotatable bonds is 7. The average Bonchev–Trinajstić information content (AvgIpc) is 3.24. The second-order valence-electron chi connectivity index (χ2n) is 6.81. The molecule has 0 saturated carbocycles. The van der Waals surface area contributed by atoms with E-state index in [-0.39, 0.29) is 0 Å². The summed E-state index contributed by atoms with van der Waals surface area (Å²) in [4.78, 5) is 4.05. The number of aromatic nitrogens is 1. The third-order valence-electron chi connectivity index (χ3n) is 4.23. The van der Waals surface area contributed by atoms with Gasteiger partial charge in [-0.15, -0.1) is 0 Å². The molecule has 0 aliphatic rings. The van der Waals surface area contributed by atoms with Gasteiger partial charge in [0.2, 0.25) is 0 Å². The predicted octanol–water partition coefficient (Wildman–Crippen LogP) is 5.97. The SMILES string of the molecule is C=C(C)/C=C\CN.CC.CC.CCc1ccc2cc(CNCc3ccc(N)nc3N)oc2c1. The number of nitrogens with zero attached hydrogens (tertiary/aromatic N) is 1. The smallest absolute Gasteiger partial charge is 0.134 e. The minimum Gasteiger partial charge on any atom is -0.460 e. The number of anilines is 2. The number of nitrogens with one attached hydrogen (secondary N) is 1. The molecule has 0 fully saturated rings. The van der Waals surface area contributed by atoms with Crippen LogP contribution in [-0.4, -0.2) is 11.5 Å². The second kappa shape index (κ2) is 17.5. The van der Waals surface area contributed by atoms with Crippen LogP contribution in [0.1, 0.15) is 58.4 Å². The lowest BCUT2D eigenvalue weighted by Crippen LogP contribution is -2.14. The molecule has 0 radical (unpaired) electrons. The van der Waals surface area contributed by atoms with E-state index < -0.39 is 0 Å². The zero-order chi connectivity index (χ0) is 25.2. The largest absolute Gasteiger partial charge is 0.460 e. The molecule has 182 valence electrons. The van der Waals surface area contributed by atoms with Gasteiger partial charge in [0.25, 0.3) is 0 Å². The van der Waals surface area contributed by atoms with Crippen molar-refractivity contribution < 1.29 is 4.42 Å². The molecular formula is C27H43N5O. The Hall–Kier alpha value is -3.09. The first-order valence-corrected chi connectivity index (χ1v) is 11.7. The van der Waals surface area contributed by atoms with Gasteiger partial charge in [-0.2, -0.15) is 0 Å². The van der Waals surface area contributed by atoms with Crippen molar-refractivity contribution in [1.29, 1.82) is 0 Å². The molecule has 6 nitrogen and oxygen atoms in total. The minimum atomic E-state index is 0.435. The molecule has 0 saturated heterocycles. The Morgan fingerprint density at radius 2 is 1.76 bits per heavy atom. The first-order valence-electron chi connectivity index (χ1n) is 11.7. The maximum atomic E-state index is 5.87. The number of fused-ring (bicyclic) bond motifs is 1. The number of pyridine rings is 1. The van der Waals surface area contributed by atoms with Gasteiger partial charge in [0.15, 0.2) is 0 Å². The quantitative estimate of drug-likeness (QED) is 0.327. The summed E-state index contributed by atoms with van der Waals surface area (Å²) in [5.41, 5.74) is 20.8. The maximum absolute atomic E-state index is 5.87. The normalized spacial score (nSPS) is 9.91. The van der Waals surface area contributed by atoms with E-state index in [9.17, 15) is 0 Å². The molecule has 7 N–H and O–H groups in total. The van der Waals surface area contributed by atoms with Crippen molar-refractivity contribution in [3.8, 4) is 0 Å².